The van der Waals surface area contributed by atoms with Gasteiger partial charge in [-0.25, -0.2) is 4.98 Å². The fourth-order valence-electron chi connectivity index (χ4n) is 1.47. The Morgan fingerprint density at radius 3 is 2.63 bits per heavy atom. The van der Waals surface area contributed by atoms with Gasteiger partial charge in [0.05, 0.1) is 7.11 Å². The highest BCUT2D eigenvalue weighted by Crippen LogP contribution is 2.25. The molecule has 19 heavy (non-hydrogen) atoms. The van der Waals surface area contributed by atoms with E-state index in [4.69, 9.17) is 25.8 Å². The van der Waals surface area contributed by atoms with Crippen molar-refractivity contribution in [2.24, 2.45) is 0 Å². The Morgan fingerprint density at radius 1 is 1.11 bits per heavy atom. The number of hydrogen-bond acceptors (Lipinski definition) is 5. The second-order valence-electron chi connectivity index (χ2n) is 3.66. The lowest BCUT2D eigenvalue weighted by molar-refractivity contribution is 0.177. The maximum absolute atomic E-state index is 5.90. The van der Waals surface area contributed by atoms with Gasteiger partial charge < -0.3 is 14.2 Å². The van der Waals surface area contributed by atoms with Crippen molar-refractivity contribution in [2.75, 3.05) is 14.2 Å². The lowest BCUT2D eigenvalue weighted by Crippen LogP contribution is -1.99. The molecule has 2 aromatic rings. The van der Waals surface area contributed by atoms with Gasteiger partial charge in [-0.15, -0.1) is 0 Å². The van der Waals surface area contributed by atoms with E-state index < -0.39 is 0 Å². The first kappa shape index (κ1) is 13.6. The molecule has 1 heterocycles. The van der Waals surface area contributed by atoms with Crippen LogP contribution in [0, 0.1) is 0 Å². The zero-order valence-electron chi connectivity index (χ0n) is 10.6. The number of halogens is 1. The highest BCUT2D eigenvalue weighted by atomic mass is 35.5. The van der Waals surface area contributed by atoms with Crippen LogP contribution in [0.5, 0.6) is 17.4 Å². The standard InChI is InChI=1S/C13H13ClN2O3/c1-17-8-12-15-11(14)7-13(16-12)19-10-5-3-4-9(6-10)18-2/h3-7H,8H2,1-2H3. The number of aromatic nitrogens is 2. The third-order valence-corrected chi connectivity index (χ3v) is 2.45. The number of methoxy groups -OCH3 is 2. The van der Waals surface area contributed by atoms with E-state index in [9.17, 15) is 0 Å². The molecule has 2 rings (SSSR count). The summed E-state index contributed by atoms with van der Waals surface area (Å²) in [5, 5.41) is 0.306. The molecule has 0 saturated carbocycles. The van der Waals surface area contributed by atoms with Gasteiger partial charge in [-0.05, 0) is 12.1 Å². The Hall–Kier alpha value is -1.85. The molecule has 0 radical (unpaired) electrons. The summed E-state index contributed by atoms with van der Waals surface area (Å²) in [6, 6.07) is 8.75. The first-order valence-corrected chi connectivity index (χ1v) is 5.93. The SMILES string of the molecule is COCc1nc(Cl)cc(Oc2cccc(OC)c2)n1. The van der Waals surface area contributed by atoms with Gasteiger partial charge in [0.1, 0.15) is 23.3 Å². The molecule has 100 valence electrons. The van der Waals surface area contributed by atoms with Gasteiger partial charge in [0.2, 0.25) is 5.88 Å². The monoisotopic (exact) mass is 280 g/mol. The highest BCUT2D eigenvalue weighted by molar-refractivity contribution is 6.29. The predicted octanol–water partition coefficient (Wildman–Crippen LogP) is 3.08. The normalized spacial score (nSPS) is 10.3. The minimum atomic E-state index is 0.273. The van der Waals surface area contributed by atoms with Gasteiger partial charge >= 0.3 is 0 Å². The molecule has 0 fully saturated rings. The fourth-order valence-corrected chi connectivity index (χ4v) is 1.66. The minimum Gasteiger partial charge on any atom is -0.497 e. The third kappa shape index (κ3) is 3.81. The van der Waals surface area contributed by atoms with Crippen LogP contribution < -0.4 is 9.47 Å². The highest BCUT2D eigenvalue weighted by Gasteiger charge is 2.06. The van der Waals surface area contributed by atoms with Crippen LogP contribution in [0.1, 0.15) is 5.82 Å². The van der Waals surface area contributed by atoms with E-state index in [2.05, 4.69) is 9.97 Å². The molecule has 5 nitrogen and oxygen atoms in total. The molecular weight excluding hydrogens is 268 g/mol. The molecule has 0 spiro atoms. The predicted molar refractivity (Wildman–Crippen MR) is 70.8 cm³/mol. The first-order valence-electron chi connectivity index (χ1n) is 5.55. The van der Waals surface area contributed by atoms with Gasteiger partial charge in [0.25, 0.3) is 0 Å². The van der Waals surface area contributed by atoms with Gasteiger partial charge in [0, 0.05) is 19.2 Å². The van der Waals surface area contributed by atoms with Crippen molar-refractivity contribution in [2.45, 2.75) is 6.61 Å². The Bertz CT molecular complexity index is 563. The largest absolute Gasteiger partial charge is 0.497 e. The molecule has 0 amide bonds. The van der Waals surface area contributed by atoms with Crippen molar-refractivity contribution in [1.82, 2.24) is 9.97 Å². The molecule has 1 aromatic heterocycles. The molecule has 1 aromatic carbocycles. The number of ether oxygens (including phenoxy) is 3. The van der Waals surface area contributed by atoms with E-state index in [-0.39, 0.29) is 6.61 Å². The Kier molecular flexibility index (Phi) is 4.54. The van der Waals surface area contributed by atoms with Crippen LogP contribution in [0.25, 0.3) is 0 Å². The summed E-state index contributed by atoms with van der Waals surface area (Å²) >= 11 is 5.90. The lowest BCUT2D eigenvalue weighted by atomic mass is 10.3. The van der Waals surface area contributed by atoms with Gasteiger partial charge in [-0.1, -0.05) is 17.7 Å². The number of benzene rings is 1. The summed E-state index contributed by atoms with van der Waals surface area (Å²) in [5.74, 6) is 2.14. The second kappa shape index (κ2) is 6.36. The summed E-state index contributed by atoms with van der Waals surface area (Å²) in [6.07, 6.45) is 0. The van der Waals surface area contributed by atoms with Crippen molar-refractivity contribution in [3.05, 3.63) is 41.3 Å². The minimum absolute atomic E-state index is 0.273. The van der Waals surface area contributed by atoms with Crippen LogP contribution in [0.3, 0.4) is 0 Å². The molecule has 0 aliphatic carbocycles. The van der Waals surface area contributed by atoms with E-state index in [1.165, 1.54) is 0 Å². The quantitative estimate of drug-likeness (QED) is 0.788. The van der Waals surface area contributed by atoms with Crippen LogP contribution in [0.15, 0.2) is 30.3 Å². The van der Waals surface area contributed by atoms with Crippen LogP contribution in [-0.2, 0) is 11.3 Å². The second-order valence-corrected chi connectivity index (χ2v) is 4.05. The molecule has 0 saturated heterocycles. The smallest absolute Gasteiger partial charge is 0.224 e. The van der Waals surface area contributed by atoms with Crippen molar-refractivity contribution >= 4 is 11.6 Å². The summed E-state index contributed by atoms with van der Waals surface area (Å²) in [4.78, 5) is 8.21. The summed E-state index contributed by atoms with van der Waals surface area (Å²) in [7, 11) is 3.16. The van der Waals surface area contributed by atoms with Gasteiger partial charge in [-0.2, -0.15) is 4.98 Å². The zero-order chi connectivity index (χ0) is 13.7. The topological polar surface area (TPSA) is 53.5 Å². The Balaban J connectivity index is 2.22. The van der Waals surface area contributed by atoms with Crippen LogP contribution in [0.4, 0.5) is 0 Å². The molecular formula is C13H13ClN2O3. The fraction of sp³-hybridized carbons (Fsp3) is 0.231. The number of nitrogens with zero attached hydrogens (tertiary/aromatic N) is 2. The van der Waals surface area contributed by atoms with Crippen LogP contribution in [0.2, 0.25) is 5.15 Å². The average molecular weight is 281 g/mol. The summed E-state index contributed by atoms with van der Waals surface area (Å²) in [5.41, 5.74) is 0. The Morgan fingerprint density at radius 2 is 1.89 bits per heavy atom. The molecule has 0 unspecified atom stereocenters. The summed E-state index contributed by atoms with van der Waals surface area (Å²) in [6.45, 7) is 0.273. The van der Waals surface area contributed by atoms with Crippen molar-refractivity contribution < 1.29 is 14.2 Å². The van der Waals surface area contributed by atoms with Gasteiger partial charge in [0.15, 0.2) is 5.82 Å². The maximum Gasteiger partial charge on any atom is 0.224 e. The van der Waals surface area contributed by atoms with E-state index in [1.807, 2.05) is 12.1 Å². The van der Waals surface area contributed by atoms with Crippen LogP contribution in [-0.4, -0.2) is 24.2 Å². The van der Waals surface area contributed by atoms with Crippen molar-refractivity contribution in [3.8, 4) is 17.4 Å². The van der Waals surface area contributed by atoms with Crippen molar-refractivity contribution in [3.63, 3.8) is 0 Å². The molecule has 0 aliphatic rings. The van der Waals surface area contributed by atoms with E-state index in [0.717, 1.165) is 0 Å². The first-order chi connectivity index (χ1) is 9.21. The molecule has 0 bridgehead atoms. The molecule has 0 aliphatic heterocycles. The zero-order valence-corrected chi connectivity index (χ0v) is 11.3. The van der Waals surface area contributed by atoms with E-state index >= 15 is 0 Å². The average Bonchev–Trinajstić information content (AvgIpc) is 2.38. The Labute approximate surface area is 116 Å². The summed E-state index contributed by atoms with van der Waals surface area (Å²) < 4.78 is 15.7. The van der Waals surface area contributed by atoms with Gasteiger partial charge in [-0.3, -0.25) is 0 Å². The van der Waals surface area contributed by atoms with E-state index in [0.29, 0.717) is 28.4 Å². The number of rotatable bonds is 5. The maximum atomic E-state index is 5.90. The van der Waals surface area contributed by atoms with Crippen molar-refractivity contribution in [1.29, 1.82) is 0 Å². The molecule has 0 atom stereocenters. The van der Waals surface area contributed by atoms with Crippen LogP contribution >= 0.6 is 11.6 Å². The molecule has 0 N–H and O–H groups in total. The number of hydrogen-bond donors (Lipinski definition) is 0. The third-order valence-electron chi connectivity index (χ3n) is 2.25. The molecule has 6 heteroatoms. The van der Waals surface area contributed by atoms with E-state index in [1.54, 1.807) is 32.4 Å². The lowest BCUT2D eigenvalue weighted by Gasteiger charge is -2.08.